The van der Waals surface area contributed by atoms with Crippen molar-refractivity contribution in [2.45, 2.75) is 50.7 Å². The zero-order valence-electron chi connectivity index (χ0n) is 11.3. The van der Waals surface area contributed by atoms with Crippen molar-refractivity contribution in [2.24, 2.45) is 5.92 Å². The molecule has 6 nitrogen and oxygen atoms in total. The largest absolute Gasteiger partial charge is 0.481 e. The summed E-state index contributed by atoms with van der Waals surface area (Å²) < 4.78 is 5.59. The molecule has 0 aromatic heterocycles. The first-order valence-corrected chi connectivity index (χ1v) is 6.90. The third-order valence-corrected chi connectivity index (χ3v) is 4.04. The molecule has 3 N–H and O–H groups in total. The van der Waals surface area contributed by atoms with E-state index in [-0.39, 0.29) is 23.6 Å². The number of amides is 2. The highest BCUT2D eigenvalue weighted by atomic mass is 16.5. The molecule has 2 amide bonds. The fourth-order valence-electron chi connectivity index (χ4n) is 2.82. The fourth-order valence-corrected chi connectivity index (χ4v) is 2.82. The molecule has 0 aromatic carbocycles. The van der Waals surface area contributed by atoms with E-state index in [2.05, 4.69) is 10.6 Å². The third-order valence-electron chi connectivity index (χ3n) is 4.04. The molecule has 1 saturated carbocycles. The minimum Gasteiger partial charge on any atom is -0.481 e. The van der Waals surface area contributed by atoms with Gasteiger partial charge in [-0.15, -0.1) is 0 Å². The summed E-state index contributed by atoms with van der Waals surface area (Å²) in [6.45, 7) is 3.24. The van der Waals surface area contributed by atoms with Crippen LogP contribution in [0, 0.1) is 5.92 Å². The van der Waals surface area contributed by atoms with Crippen molar-refractivity contribution >= 4 is 12.0 Å². The van der Waals surface area contributed by atoms with Crippen LogP contribution in [0.2, 0.25) is 0 Å². The molecule has 6 heteroatoms. The summed E-state index contributed by atoms with van der Waals surface area (Å²) in [6, 6.07) is -0.258. The smallest absolute Gasteiger partial charge is 0.315 e. The van der Waals surface area contributed by atoms with Gasteiger partial charge in [-0.25, -0.2) is 4.79 Å². The van der Waals surface area contributed by atoms with E-state index in [4.69, 9.17) is 9.84 Å². The van der Waals surface area contributed by atoms with E-state index >= 15 is 0 Å². The van der Waals surface area contributed by atoms with Crippen LogP contribution in [-0.4, -0.2) is 41.9 Å². The molecule has 2 rings (SSSR count). The van der Waals surface area contributed by atoms with Crippen molar-refractivity contribution in [2.75, 3.05) is 13.2 Å². The molecular formula is C13H22N2O4. The molecule has 1 saturated heterocycles. The first-order valence-electron chi connectivity index (χ1n) is 6.90. The van der Waals surface area contributed by atoms with Crippen LogP contribution in [0.3, 0.4) is 0 Å². The lowest BCUT2D eigenvalue weighted by Gasteiger charge is -2.24. The van der Waals surface area contributed by atoms with Crippen LogP contribution in [0.5, 0.6) is 0 Å². The molecule has 1 aliphatic heterocycles. The van der Waals surface area contributed by atoms with Gasteiger partial charge < -0.3 is 20.5 Å². The summed E-state index contributed by atoms with van der Waals surface area (Å²) in [5.74, 6) is -1.09. The highest BCUT2D eigenvalue weighted by molar-refractivity contribution is 5.75. The molecule has 0 radical (unpaired) electrons. The fraction of sp³-hybridized carbons (Fsp3) is 0.846. The molecule has 3 atom stereocenters. The molecule has 0 bridgehead atoms. The summed E-state index contributed by atoms with van der Waals surface area (Å²) in [5.41, 5.74) is -0.253. The molecular weight excluding hydrogens is 248 g/mol. The Morgan fingerprint density at radius 2 is 2.21 bits per heavy atom. The zero-order valence-corrected chi connectivity index (χ0v) is 11.3. The van der Waals surface area contributed by atoms with Gasteiger partial charge in [-0.1, -0.05) is 0 Å². The van der Waals surface area contributed by atoms with Crippen LogP contribution in [0.15, 0.2) is 0 Å². The van der Waals surface area contributed by atoms with Gasteiger partial charge in [0.1, 0.15) is 0 Å². The molecule has 2 aliphatic rings. The number of carbonyl (C=O) groups excluding carboxylic acids is 1. The van der Waals surface area contributed by atoms with Crippen molar-refractivity contribution < 1.29 is 19.4 Å². The van der Waals surface area contributed by atoms with Crippen LogP contribution >= 0.6 is 0 Å². The Labute approximate surface area is 112 Å². The van der Waals surface area contributed by atoms with Gasteiger partial charge in [-0.3, -0.25) is 4.79 Å². The van der Waals surface area contributed by atoms with Gasteiger partial charge in [0.2, 0.25) is 0 Å². The zero-order chi connectivity index (χ0) is 13.9. The van der Waals surface area contributed by atoms with E-state index in [0.29, 0.717) is 19.4 Å². The summed E-state index contributed by atoms with van der Waals surface area (Å²) in [4.78, 5) is 22.6. The lowest BCUT2D eigenvalue weighted by atomic mass is 10.0. The van der Waals surface area contributed by atoms with E-state index in [1.165, 1.54) is 0 Å². The van der Waals surface area contributed by atoms with E-state index in [1.54, 1.807) is 0 Å². The van der Waals surface area contributed by atoms with Gasteiger partial charge in [0.15, 0.2) is 0 Å². The number of ether oxygens (including phenoxy) is 1. The van der Waals surface area contributed by atoms with Crippen LogP contribution < -0.4 is 10.6 Å². The molecule has 1 heterocycles. The van der Waals surface area contributed by atoms with Crippen molar-refractivity contribution in [1.82, 2.24) is 10.6 Å². The van der Waals surface area contributed by atoms with Gasteiger partial charge in [0.05, 0.1) is 11.5 Å². The van der Waals surface area contributed by atoms with Gasteiger partial charge >= 0.3 is 12.0 Å². The van der Waals surface area contributed by atoms with Crippen molar-refractivity contribution in [3.8, 4) is 0 Å². The Morgan fingerprint density at radius 3 is 2.79 bits per heavy atom. The second kappa shape index (κ2) is 5.77. The Balaban J connectivity index is 1.69. The lowest BCUT2D eigenvalue weighted by molar-refractivity contribution is -0.141. The number of hydrogen-bond acceptors (Lipinski definition) is 3. The summed E-state index contributed by atoms with van der Waals surface area (Å²) >= 11 is 0. The Kier molecular flexibility index (Phi) is 4.29. The average Bonchev–Trinajstić information content (AvgIpc) is 2.97. The number of aliphatic carboxylic acids is 1. The topological polar surface area (TPSA) is 87.7 Å². The molecule has 0 spiro atoms. The monoisotopic (exact) mass is 270 g/mol. The molecule has 19 heavy (non-hydrogen) atoms. The maximum absolute atomic E-state index is 11.7. The van der Waals surface area contributed by atoms with Crippen LogP contribution in [0.1, 0.15) is 39.0 Å². The van der Waals surface area contributed by atoms with Gasteiger partial charge in [0.25, 0.3) is 0 Å². The standard InChI is InChI=1S/C13H22N2O4/c1-13(5-2-6-19-13)8-14-12(18)15-10-4-3-9(7-10)11(16)17/h9-10H,2-8H2,1H3,(H,16,17)(H2,14,15,18)/t9-,10+,13?/m1/s1. The maximum atomic E-state index is 11.7. The first-order chi connectivity index (χ1) is 8.98. The molecule has 1 unspecified atom stereocenters. The Bertz CT molecular complexity index is 353. The normalized spacial score (nSPS) is 34.2. The number of hydrogen-bond donors (Lipinski definition) is 3. The number of carboxylic acid groups (broad SMARTS) is 1. The van der Waals surface area contributed by atoms with E-state index in [0.717, 1.165) is 25.9 Å². The Hall–Kier alpha value is -1.30. The van der Waals surface area contributed by atoms with Crippen molar-refractivity contribution in [3.63, 3.8) is 0 Å². The summed E-state index contributed by atoms with van der Waals surface area (Å²) in [5, 5.41) is 14.6. The van der Waals surface area contributed by atoms with E-state index in [9.17, 15) is 9.59 Å². The molecule has 0 aromatic rings. The minimum atomic E-state index is -0.767. The summed E-state index contributed by atoms with van der Waals surface area (Å²) in [7, 11) is 0. The SMILES string of the molecule is CC1(CNC(=O)N[C@H]2CC[C@@H](C(=O)O)C2)CCCO1. The molecule has 1 aliphatic carbocycles. The number of urea groups is 1. The highest BCUT2D eigenvalue weighted by Crippen LogP contribution is 2.26. The number of rotatable bonds is 4. The van der Waals surface area contributed by atoms with Crippen molar-refractivity contribution in [3.05, 3.63) is 0 Å². The number of carbonyl (C=O) groups is 2. The van der Waals surface area contributed by atoms with E-state index < -0.39 is 5.97 Å². The van der Waals surface area contributed by atoms with Gasteiger partial charge in [-0.05, 0) is 39.0 Å². The van der Waals surface area contributed by atoms with Crippen LogP contribution in [0.25, 0.3) is 0 Å². The van der Waals surface area contributed by atoms with E-state index in [1.807, 2.05) is 6.92 Å². The lowest BCUT2D eigenvalue weighted by Crippen LogP contribution is -2.47. The first kappa shape index (κ1) is 14.1. The highest BCUT2D eigenvalue weighted by Gasteiger charge is 2.32. The van der Waals surface area contributed by atoms with Gasteiger partial charge in [0, 0.05) is 19.2 Å². The maximum Gasteiger partial charge on any atom is 0.315 e. The predicted octanol–water partition coefficient (Wildman–Crippen LogP) is 1.11. The average molecular weight is 270 g/mol. The Morgan fingerprint density at radius 1 is 1.42 bits per heavy atom. The minimum absolute atomic E-state index is 0.0293. The number of nitrogens with one attached hydrogen (secondary N) is 2. The van der Waals surface area contributed by atoms with Gasteiger partial charge in [-0.2, -0.15) is 0 Å². The predicted molar refractivity (Wildman–Crippen MR) is 68.9 cm³/mol. The second-order valence-corrected chi connectivity index (χ2v) is 5.77. The molecule has 2 fully saturated rings. The quantitative estimate of drug-likeness (QED) is 0.714. The summed E-state index contributed by atoms with van der Waals surface area (Å²) in [6.07, 6.45) is 3.89. The van der Waals surface area contributed by atoms with Crippen LogP contribution in [0.4, 0.5) is 4.79 Å². The number of carboxylic acids is 1. The second-order valence-electron chi connectivity index (χ2n) is 5.77. The molecule has 108 valence electrons. The third kappa shape index (κ3) is 3.83. The van der Waals surface area contributed by atoms with Crippen molar-refractivity contribution in [1.29, 1.82) is 0 Å². The van der Waals surface area contributed by atoms with Crippen LogP contribution in [-0.2, 0) is 9.53 Å².